The van der Waals surface area contributed by atoms with Crippen LogP contribution in [0, 0.1) is 6.92 Å². The summed E-state index contributed by atoms with van der Waals surface area (Å²) in [5.74, 6) is -0.0891. The molecule has 1 amide bonds. The van der Waals surface area contributed by atoms with Crippen molar-refractivity contribution < 1.29 is 4.79 Å². The zero-order valence-corrected chi connectivity index (χ0v) is 10.4. The summed E-state index contributed by atoms with van der Waals surface area (Å²) in [4.78, 5) is 13.0. The monoisotopic (exact) mass is 246 g/mol. The number of anilines is 1. The third-order valence-corrected chi connectivity index (χ3v) is 3.24. The Morgan fingerprint density at radius 2 is 2.24 bits per heavy atom. The molecule has 0 aliphatic heterocycles. The van der Waals surface area contributed by atoms with Crippen LogP contribution in [-0.4, -0.2) is 5.91 Å². The number of hydrogen-bond acceptors (Lipinski definition) is 3. The fourth-order valence-electron chi connectivity index (χ4n) is 1.63. The molecule has 88 valence electrons. The van der Waals surface area contributed by atoms with Gasteiger partial charge in [-0.15, -0.1) is 11.3 Å². The van der Waals surface area contributed by atoms with E-state index in [2.05, 4.69) is 5.32 Å². The average molecular weight is 246 g/mol. The van der Waals surface area contributed by atoms with Gasteiger partial charge in [0, 0.05) is 16.1 Å². The molecule has 0 aliphatic carbocycles. The van der Waals surface area contributed by atoms with E-state index in [9.17, 15) is 4.79 Å². The molecule has 2 rings (SSSR count). The zero-order chi connectivity index (χ0) is 12.3. The molecule has 17 heavy (non-hydrogen) atoms. The molecule has 3 N–H and O–H groups in total. The minimum absolute atomic E-state index is 0.0891. The number of benzene rings is 1. The standard InChI is InChI=1S/C13H14N2OS/c1-9-5-10(7-11(14)6-9)13(16)15-8-12-3-2-4-17-12/h2-7H,8,14H2,1H3,(H,15,16). The molecule has 0 saturated carbocycles. The van der Waals surface area contributed by atoms with Gasteiger partial charge in [0.25, 0.3) is 5.91 Å². The summed E-state index contributed by atoms with van der Waals surface area (Å²) in [5, 5.41) is 4.86. The number of carbonyl (C=O) groups excluding carboxylic acids is 1. The predicted molar refractivity (Wildman–Crippen MR) is 71.1 cm³/mol. The van der Waals surface area contributed by atoms with Gasteiger partial charge in [-0.3, -0.25) is 4.79 Å². The van der Waals surface area contributed by atoms with Gasteiger partial charge >= 0.3 is 0 Å². The Balaban J connectivity index is 2.04. The minimum Gasteiger partial charge on any atom is -0.399 e. The van der Waals surface area contributed by atoms with Crippen molar-refractivity contribution >= 4 is 22.9 Å². The Morgan fingerprint density at radius 3 is 2.88 bits per heavy atom. The fraction of sp³-hybridized carbons (Fsp3) is 0.154. The van der Waals surface area contributed by atoms with Crippen LogP contribution in [0.2, 0.25) is 0 Å². The normalized spacial score (nSPS) is 10.2. The molecule has 1 heterocycles. The summed E-state index contributed by atoms with van der Waals surface area (Å²) in [6.07, 6.45) is 0. The van der Waals surface area contributed by atoms with Crippen LogP contribution in [-0.2, 0) is 6.54 Å². The van der Waals surface area contributed by atoms with Crippen molar-refractivity contribution in [3.63, 3.8) is 0 Å². The molecule has 0 fully saturated rings. The maximum absolute atomic E-state index is 11.9. The van der Waals surface area contributed by atoms with Gasteiger partial charge in [-0.1, -0.05) is 6.07 Å². The number of nitrogens with one attached hydrogen (secondary N) is 1. The Hall–Kier alpha value is -1.81. The molecule has 0 aliphatic rings. The Morgan fingerprint density at radius 1 is 1.41 bits per heavy atom. The Labute approximate surface area is 104 Å². The molecule has 0 bridgehead atoms. The van der Waals surface area contributed by atoms with Crippen LogP contribution in [0.3, 0.4) is 0 Å². The molecule has 4 heteroatoms. The van der Waals surface area contributed by atoms with Gasteiger partial charge in [-0.25, -0.2) is 0 Å². The van der Waals surface area contributed by atoms with Gasteiger partial charge in [0.1, 0.15) is 0 Å². The number of amides is 1. The van der Waals surface area contributed by atoms with Crippen LogP contribution >= 0.6 is 11.3 Å². The van der Waals surface area contributed by atoms with Crippen LogP contribution in [0.25, 0.3) is 0 Å². The van der Waals surface area contributed by atoms with E-state index in [0.717, 1.165) is 10.4 Å². The van der Waals surface area contributed by atoms with Crippen molar-refractivity contribution in [2.45, 2.75) is 13.5 Å². The van der Waals surface area contributed by atoms with E-state index in [0.29, 0.717) is 17.8 Å². The SMILES string of the molecule is Cc1cc(N)cc(C(=O)NCc2cccs2)c1. The van der Waals surface area contributed by atoms with Gasteiger partial charge < -0.3 is 11.1 Å². The topological polar surface area (TPSA) is 55.1 Å². The lowest BCUT2D eigenvalue weighted by Gasteiger charge is -2.05. The molecule has 0 radical (unpaired) electrons. The second-order valence-electron chi connectivity index (χ2n) is 3.89. The second-order valence-corrected chi connectivity index (χ2v) is 4.93. The van der Waals surface area contributed by atoms with E-state index >= 15 is 0 Å². The van der Waals surface area contributed by atoms with E-state index in [4.69, 9.17) is 5.73 Å². The van der Waals surface area contributed by atoms with Crippen molar-refractivity contribution in [3.05, 3.63) is 51.7 Å². The van der Waals surface area contributed by atoms with Crippen LogP contribution in [0.4, 0.5) is 5.69 Å². The predicted octanol–water partition coefficient (Wildman–Crippen LogP) is 2.57. The quantitative estimate of drug-likeness (QED) is 0.818. The maximum atomic E-state index is 11.9. The van der Waals surface area contributed by atoms with Gasteiger partial charge in [0.15, 0.2) is 0 Å². The van der Waals surface area contributed by atoms with Crippen LogP contribution in [0.15, 0.2) is 35.7 Å². The number of rotatable bonds is 3. The first-order valence-electron chi connectivity index (χ1n) is 5.33. The smallest absolute Gasteiger partial charge is 0.251 e. The van der Waals surface area contributed by atoms with Gasteiger partial charge in [0.2, 0.25) is 0 Å². The molecule has 0 spiro atoms. The minimum atomic E-state index is -0.0891. The first-order valence-corrected chi connectivity index (χ1v) is 6.21. The van der Waals surface area contributed by atoms with E-state index < -0.39 is 0 Å². The van der Waals surface area contributed by atoms with Crippen LogP contribution in [0.1, 0.15) is 20.8 Å². The summed E-state index contributed by atoms with van der Waals surface area (Å²) < 4.78 is 0. The van der Waals surface area contributed by atoms with E-state index in [1.165, 1.54) is 0 Å². The van der Waals surface area contributed by atoms with Crippen molar-refractivity contribution in [2.75, 3.05) is 5.73 Å². The largest absolute Gasteiger partial charge is 0.399 e. The maximum Gasteiger partial charge on any atom is 0.251 e. The average Bonchev–Trinajstić information content (AvgIpc) is 2.77. The highest BCUT2D eigenvalue weighted by Crippen LogP contribution is 2.12. The van der Waals surface area contributed by atoms with E-state index in [-0.39, 0.29) is 5.91 Å². The number of carbonyl (C=O) groups is 1. The molecule has 0 atom stereocenters. The van der Waals surface area contributed by atoms with Crippen molar-refractivity contribution in [1.82, 2.24) is 5.32 Å². The molecular formula is C13H14N2OS. The third-order valence-electron chi connectivity index (χ3n) is 2.37. The van der Waals surface area contributed by atoms with Crippen LogP contribution in [0.5, 0.6) is 0 Å². The summed E-state index contributed by atoms with van der Waals surface area (Å²) in [5.41, 5.74) is 7.93. The van der Waals surface area contributed by atoms with Gasteiger partial charge in [-0.05, 0) is 42.1 Å². The molecule has 0 saturated heterocycles. The summed E-state index contributed by atoms with van der Waals surface area (Å²) in [6.45, 7) is 2.48. The molecular weight excluding hydrogens is 232 g/mol. The highest BCUT2D eigenvalue weighted by Gasteiger charge is 2.06. The molecule has 1 aromatic heterocycles. The summed E-state index contributed by atoms with van der Waals surface area (Å²) in [6, 6.07) is 9.33. The van der Waals surface area contributed by atoms with Crippen LogP contribution < -0.4 is 11.1 Å². The van der Waals surface area contributed by atoms with Gasteiger partial charge in [-0.2, -0.15) is 0 Å². The van der Waals surface area contributed by atoms with Gasteiger partial charge in [0.05, 0.1) is 6.54 Å². The fourth-order valence-corrected chi connectivity index (χ4v) is 2.27. The molecule has 2 aromatic rings. The van der Waals surface area contributed by atoms with E-state index in [1.54, 1.807) is 17.4 Å². The Bertz CT molecular complexity index is 500. The molecule has 3 nitrogen and oxygen atoms in total. The first kappa shape index (κ1) is 11.7. The number of thiophene rings is 1. The highest BCUT2D eigenvalue weighted by molar-refractivity contribution is 7.09. The van der Waals surface area contributed by atoms with E-state index in [1.807, 2.05) is 36.6 Å². The van der Waals surface area contributed by atoms with Crippen molar-refractivity contribution in [1.29, 1.82) is 0 Å². The number of nitrogen functional groups attached to an aromatic ring is 1. The number of hydrogen-bond donors (Lipinski definition) is 2. The zero-order valence-electron chi connectivity index (χ0n) is 9.57. The lowest BCUT2D eigenvalue weighted by Crippen LogP contribution is -2.22. The second kappa shape index (κ2) is 5.01. The molecule has 1 aromatic carbocycles. The molecule has 0 unspecified atom stereocenters. The summed E-state index contributed by atoms with van der Waals surface area (Å²) in [7, 11) is 0. The third kappa shape index (κ3) is 3.07. The highest BCUT2D eigenvalue weighted by atomic mass is 32.1. The Kier molecular flexibility index (Phi) is 3.44. The lowest BCUT2D eigenvalue weighted by atomic mass is 10.1. The van der Waals surface area contributed by atoms with Crippen molar-refractivity contribution in [3.8, 4) is 0 Å². The number of nitrogens with two attached hydrogens (primary N) is 1. The number of aryl methyl sites for hydroxylation is 1. The summed E-state index contributed by atoms with van der Waals surface area (Å²) >= 11 is 1.63. The first-order chi connectivity index (χ1) is 8.15. The lowest BCUT2D eigenvalue weighted by molar-refractivity contribution is 0.0951. The van der Waals surface area contributed by atoms with Crippen molar-refractivity contribution in [2.24, 2.45) is 0 Å².